The van der Waals surface area contributed by atoms with Crippen LogP contribution < -0.4 is 0 Å². The molecule has 2 N–H and O–H groups in total. The van der Waals surface area contributed by atoms with Crippen molar-refractivity contribution < 1.29 is 19.8 Å². The summed E-state index contributed by atoms with van der Waals surface area (Å²) >= 11 is 0. The predicted molar refractivity (Wildman–Crippen MR) is 122 cm³/mol. The van der Waals surface area contributed by atoms with Crippen molar-refractivity contribution >= 4 is 33.5 Å². The Morgan fingerprint density at radius 1 is 0.800 bits per heavy atom. The molecule has 0 spiro atoms. The van der Waals surface area contributed by atoms with Crippen molar-refractivity contribution in [2.45, 2.75) is 58.3 Å². The fourth-order valence-electron chi connectivity index (χ4n) is 4.08. The molecule has 0 saturated heterocycles. The molecule has 0 saturated carbocycles. The van der Waals surface area contributed by atoms with Gasteiger partial charge in [0, 0.05) is 0 Å². The van der Waals surface area contributed by atoms with Crippen molar-refractivity contribution in [1.82, 2.24) is 0 Å². The second-order valence-corrected chi connectivity index (χ2v) is 8.02. The van der Waals surface area contributed by atoms with Gasteiger partial charge in [-0.25, -0.2) is 0 Å². The number of hydrogen-bond acceptors (Lipinski definition) is 2. The molecule has 4 rings (SSSR count). The number of rotatable bonds is 10. The Morgan fingerprint density at radius 3 is 2.13 bits per heavy atom. The summed E-state index contributed by atoms with van der Waals surface area (Å²) in [4.78, 5) is 21.1. The molecule has 1 aliphatic carbocycles. The van der Waals surface area contributed by atoms with Gasteiger partial charge >= 0.3 is 11.9 Å². The van der Waals surface area contributed by atoms with E-state index in [-0.39, 0.29) is 6.42 Å². The molecule has 0 fully saturated rings. The molecule has 0 bridgehead atoms. The monoisotopic (exact) mass is 406 g/mol. The summed E-state index contributed by atoms with van der Waals surface area (Å²) in [7, 11) is 0. The lowest BCUT2D eigenvalue weighted by Gasteiger charge is -2.06. The van der Waals surface area contributed by atoms with Crippen LogP contribution in [-0.4, -0.2) is 22.2 Å². The average Bonchev–Trinajstić information content (AvgIpc) is 3.46. The molecule has 158 valence electrons. The number of carboxylic acid groups (broad SMARTS) is 2. The summed E-state index contributed by atoms with van der Waals surface area (Å²) in [5.41, 5.74) is 2.92. The Labute approximate surface area is 177 Å². The fraction of sp³-hybridized carbons (Fsp3) is 0.385. The lowest BCUT2D eigenvalue weighted by Crippen LogP contribution is -2.23. The molecule has 0 aromatic heterocycles. The minimum Gasteiger partial charge on any atom is -0.481 e. The van der Waals surface area contributed by atoms with Gasteiger partial charge in [-0.15, -0.1) is 0 Å². The largest absolute Gasteiger partial charge is 0.481 e. The Hall–Kier alpha value is -2.88. The van der Waals surface area contributed by atoms with E-state index in [2.05, 4.69) is 55.5 Å². The quantitative estimate of drug-likeness (QED) is 0.171. The summed E-state index contributed by atoms with van der Waals surface area (Å²) in [6, 6.07) is 17.5. The van der Waals surface area contributed by atoms with Crippen LogP contribution in [0, 0.1) is 5.92 Å². The highest BCUT2D eigenvalue weighted by atomic mass is 16.4. The number of benzene rings is 3. The maximum absolute atomic E-state index is 10.6. The third-order valence-corrected chi connectivity index (χ3v) is 5.79. The molecule has 4 heteroatoms. The second kappa shape index (κ2) is 10.2. The van der Waals surface area contributed by atoms with Crippen LogP contribution in [-0.2, 0) is 9.59 Å². The molecule has 1 aliphatic rings. The van der Waals surface area contributed by atoms with E-state index in [1.807, 2.05) is 0 Å². The normalized spacial score (nSPS) is 11.4. The van der Waals surface area contributed by atoms with Gasteiger partial charge in [-0.2, -0.15) is 0 Å². The highest BCUT2D eigenvalue weighted by Crippen LogP contribution is 2.51. The van der Waals surface area contributed by atoms with E-state index in [1.165, 1.54) is 58.4 Å². The summed E-state index contributed by atoms with van der Waals surface area (Å²) in [6.07, 6.45) is 7.78. The highest BCUT2D eigenvalue weighted by Gasteiger charge is 2.24. The highest BCUT2D eigenvalue weighted by molar-refractivity contribution is 6.29. The van der Waals surface area contributed by atoms with E-state index < -0.39 is 17.9 Å². The van der Waals surface area contributed by atoms with Crippen LogP contribution in [0.5, 0.6) is 0 Å². The Balaban J connectivity index is 0.000000171. The molecule has 0 atom stereocenters. The summed E-state index contributed by atoms with van der Waals surface area (Å²) in [5, 5.41) is 22.9. The molecule has 0 radical (unpaired) electrons. The van der Waals surface area contributed by atoms with E-state index in [4.69, 9.17) is 10.2 Å². The van der Waals surface area contributed by atoms with Gasteiger partial charge in [-0.1, -0.05) is 94.3 Å². The van der Waals surface area contributed by atoms with Crippen molar-refractivity contribution in [3.8, 4) is 11.1 Å². The number of fused-ring (bicyclic) bond motifs is 3. The van der Waals surface area contributed by atoms with Crippen LogP contribution in [0.25, 0.3) is 32.7 Å². The van der Waals surface area contributed by atoms with Gasteiger partial charge in [0.15, 0.2) is 5.92 Å². The Morgan fingerprint density at radius 2 is 1.43 bits per heavy atom. The zero-order chi connectivity index (χ0) is 21.5. The maximum Gasteiger partial charge on any atom is 0.317 e. The van der Waals surface area contributed by atoms with Crippen LogP contribution in [0.4, 0.5) is 0 Å². The molecule has 3 aromatic rings. The first-order valence-electron chi connectivity index (χ1n) is 10.9. The van der Waals surface area contributed by atoms with Crippen LogP contribution in [0.1, 0.15) is 58.3 Å². The van der Waals surface area contributed by atoms with E-state index in [0.29, 0.717) is 6.42 Å². The third kappa shape index (κ3) is 5.18. The first-order chi connectivity index (χ1) is 14.5. The topological polar surface area (TPSA) is 74.6 Å². The number of carboxylic acids is 2. The zero-order valence-electron chi connectivity index (χ0n) is 17.6. The van der Waals surface area contributed by atoms with E-state index in [9.17, 15) is 9.59 Å². The van der Waals surface area contributed by atoms with Gasteiger partial charge in [0.05, 0.1) is 0 Å². The molecule has 3 aromatic carbocycles. The lowest BCUT2D eigenvalue weighted by atomic mass is 10.0. The number of unbranched alkanes of at least 4 members (excludes halogenated alkanes) is 6. The number of hydrogen-bond donors (Lipinski definition) is 2. The molecule has 0 unspecified atom stereocenters. The van der Waals surface area contributed by atoms with Crippen LogP contribution >= 0.6 is 0 Å². The van der Waals surface area contributed by atoms with Gasteiger partial charge in [0.1, 0.15) is 0 Å². The molecule has 0 amide bonds. The van der Waals surface area contributed by atoms with Crippen molar-refractivity contribution in [3.63, 3.8) is 0 Å². The van der Waals surface area contributed by atoms with Crippen molar-refractivity contribution in [2.24, 2.45) is 5.92 Å². The first kappa shape index (κ1) is 21.8. The molecule has 30 heavy (non-hydrogen) atoms. The molecular formula is C26H30O4. The third-order valence-electron chi connectivity index (χ3n) is 5.79. The van der Waals surface area contributed by atoms with Crippen molar-refractivity contribution in [2.75, 3.05) is 0 Å². The average molecular weight is 407 g/mol. The van der Waals surface area contributed by atoms with Crippen molar-refractivity contribution in [3.05, 3.63) is 48.5 Å². The number of carbonyl (C=O) groups is 2. The first-order valence-corrected chi connectivity index (χ1v) is 10.9. The minimum absolute atomic E-state index is 0.248. The number of aliphatic carboxylic acids is 2. The Kier molecular flexibility index (Phi) is 7.45. The van der Waals surface area contributed by atoms with Crippen molar-refractivity contribution in [1.29, 1.82) is 0 Å². The molecular weight excluding hydrogens is 376 g/mol. The predicted octanol–water partition coefficient (Wildman–Crippen LogP) is 6.89. The lowest BCUT2D eigenvalue weighted by molar-refractivity contribution is -0.154. The summed E-state index contributed by atoms with van der Waals surface area (Å²) < 4.78 is 0. The molecule has 4 nitrogen and oxygen atoms in total. The molecule has 0 aliphatic heterocycles. The zero-order valence-corrected chi connectivity index (χ0v) is 17.6. The standard InChI is InChI=1S/C14H8.C12H22O4/c1-2-6-11-9(4-1)8-10-5-3-7-12-13(10)14(11)12;1-2-3-4-5-6-7-8-9-10(11(13)14)12(15)16/h1-8H;10H,2-9H2,1H3,(H,13,14)(H,15,16). The Bertz CT molecular complexity index is 1020. The summed E-state index contributed by atoms with van der Waals surface area (Å²) in [5.74, 6) is -3.67. The van der Waals surface area contributed by atoms with Crippen LogP contribution in [0.2, 0.25) is 0 Å². The summed E-state index contributed by atoms with van der Waals surface area (Å²) in [6.45, 7) is 2.16. The van der Waals surface area contributed by atoms with Crippen LogP contribution in [0.3, 0.4) is 0 Å². The SMILES string of the molecule is CCCCCCCCCC(C(=O)O)C(=O)O.c1ccc2c3c4c-3cccc4cc2c1. The van der Waals surface area contributed by atoms with E-state index in [1.54, 1.807) is 0 Å². The fourth-order valence-corrected chi connectivity index (χ4v) is 4.08. The smallest absolute Gasteiger partial charge is 0.317 e. The maximum atomic E-state index is 10.6. The van der Waals surface area contributed by atoms with Crippen LogP contribution in [0.15, 0.2) is 48.5 Å². The van der Waals surface area contributed by atoms with E-state index >= 15 is 0 Å². The second-order valence-electron chi connectivity index (χ2n) is 8.02. The van der Waals surface area contributed by atoms with Gasteiger partial charge in [-0.05, 0) is 45.2 Å². The van der Waals surface area contributed by atoms with E-state index in [0.717, 1.165) is 12.8 Å². The molecule has 0 heterocycles. The van der Waals surface area contributed by atoms with Gasteiger partial charge in [0.25, 0.3) is 0 Å². The van der Waals surface area contributed by atoms with Gasteiger partial charge < -0.3 is 10.2 Å². The minimum atomic E-state index is -1.23. The van der Waals surface area contributed by atoms with Gasteiger partial charge in [-0.3, -0.25) is 9.59 Å². The van der Waals surface area contributed by atoms with Gasteiger partial charge in [0.2, 0.25) is 0 Å².